The number of anilines is 1. The molecule has 0 radical (unpaired) electrons. The van der Waals surface area contributed by atoms with E-state index in [-0.39, 0.29) is 10.8 Å². The summed E-state index contributed by atoms with van der Waals surface area (Å²) in [5.74, 6) is -0.337. The van der Waals surface area contributed by atoms with Crippen molar-refractivity contribution in [2.45, 2.75) is 18.2 Å². The maximum absolute atomic E-state index is 12.4. The lowest BCUT2D eigenvalue weighted by Crippen LogP contribution is -2.22. The molecule has 0 aliphatic heterocycles. The molecule has 0 aliphatic carbocycles. The number of rotatable bonds is 6. The van der Waals surface area contributed by atoms with E-state index in [1.54, 1.807) is 0 Å². The summed E-state index contributed by atoms with van der Waals surface area (Å²) >= 11 is 1.34. The minimum Gasteiger partial charge on any atom is -0.298 e. The summed E-state index contributed by atoms with van der Waals surface area (Å²) in [6.07, 6.45) is 0.979. The predicted octanol–water partition coefficient (Wildman–Crippen LogP) is 3.88. The maximum Gasteiger partial charge on any atom is 0.257 e. The molecule has 0 atom stereocenters. The van der Waals surface area contributed by atoms with Crippen LogP contribution in [-0.4, -0.2) is 37.7 Å². The minimum atomic E-state index is -3.52. The first-order valence-electron chi connectivity index (χ1n) is 8.70. The summed E-state index contributed by atoms with van der Waals surface area (Å²) in [5.41, 5.74) is 3.41. The molecule has 2 aromatic carbocycles. The third kappa shape index (κ3) is 4.30. The summed E-state index contributed by atoms with van der Waals surface area (Å²) in [7, 11) is -0.591. The Morgan fingerprint density at radius 3 is 2.29 bits per heavy atom. The largest absolute Gasteiger partial charge is 0.298 e. The average Bonchev–Trinajstić information content (AvgIpc) is 3.16. The topological polar surface area (TPSA) is 79.4 Å². The van der Waals surface area contributed by atoms with Gasteiger partial charge in [0.25, 0.3) is 5.91 Å². The number of nitrogens with zero attached hydrogens (tertiary/aromatic N) is 2. The molecular weight excluding hydrogens is 394 g/mol. The first-order valence-corrected chi connectivity index (χ1v) is 11.0. The van der Waals surface area contributed by atoms with Gasteiger partial charge in [0.05, 0.1) is 10.6 Å². The van der Waals surface area contributed by atoms with Gasteiger partial charge in [0.15, 0.2) is 5.13 Å². The average molecular weight is 416 g/mol. The van der Waals surface area contributed by atoms with Crippen molar-refractivity contribution in [3.05, 3.63) is 65.0 Å². The second-order valence-corrected chi connectivity index (χ2v) is 9.36. The molecular formula is C20H21N3O3S2. The molecule has 0 saturated heterocycles. The Hall–Kier alpha value is -2.55. The molecule has 0 fully saturated rings. The number of carbonyl (C=O) groups is 1. The molecule has 6 nitrogen and oxygen atoms in total. The fourth-order valence-electron chi connectivity index (χ4n) is 2.53. The van der Waals surface area contributed by atoms with Crippen LogP contribution in [0.25, 0.3) is 11.3 Å². The van der Waals surface area contributed by atoms with Crippen LogP contribution in [0.1, 0.15) is 22.8 Å². The number of carbonyl (C=O) groups excluding carboxylic acids is 1. The SMILES string of the molecule is CCc1ccc(-c2csc(NC(=O)c3ccc(S(=O)(=O)N(C)C)cc3)n2)cc1. The van der Waals surface area contributed by atoms with E-state index in [9.17, 15) is 13.2 Å². The molecule has 1 heterocycles. The number of hydrogen-bond acceptors (Lipinski definition) is 5. The molecule has 0 unspecified atom stereocenters. The van der Waals surface area contributed by atoms with Crippen LogP contribution in [0.15, 0.2) is 58.8 Å². The van der Waals surface area contributed by atoms with E-state index in [1.807, 2.05) is 17.5 Å². The van der Waals surface area contributed by atoms with Gasteiger partial charge in [-0.05, 0) is 36.2 Å². The highest BCUT2D eigenvalue weighted by molar-refractivity contribution is 7.89. The number of hydrogen-bond donors (Lipinski definition) is 1. The number of benzene rings is 2. The van der Waals surface area contributed by atoms with E-state index < -0.39 is 10.0 Å². The van der Waals surface area contributed by atoms with Gasteiger partial charge in [-0.3, -0.25) is 10.1 Å². The molecule has 1 amide bonds. The van der Waals surface area contributed by atoms with Crippen LogP contribution in [0, 0.1) is 0 Å². The van der Waals surface area contributed by atoms with E-state index in [2.05, 4.69) is 29.4 Å². The molecule has 28 heavy (non-hydrogen) atoms. The number of sulfonamides is 1. The minimum absolute atomic E-state index is 0.140. The summed E-state index contributed by atoms with van der Waals surface area (Å²) in [5, 5.41) is 5.14. The van der Waals surface area contributed by atoms with E-state index in [4.69, 9.17) is 0 Å². The molecule has 0 saturated carbocycles. The van der Waals surface area contributed by atoms with Crippen molar-refractivity contribution in [1.29, 1.82) is 0 Å². The molecule has 3 rings (SSSR count). The maximum atomic E-state index is 12.4. The number of nitrogens with one attached hydrogen (secondary N) is 1. The fraction of sp³-hybridized carbons (Fsp3) is 0.200. The van der Waals surface area contributed by atoms with Crippen molar-refractivity contribution in [3.8, 4) is 11.3 Å². The molecule has 146 valence electrons. The van der Waals surface area contributed by atoms with Crippen LogP contribution in [0.3, 0.4) is 0 Å². The van der Waals surface area contributed by atoms with E-state index >= 15 is 0 Å². The number of thiazole rings is 1. The second kappa shape index (κ2) is 8.22. The standard InChI is InChI=1S/C20H21N3O3S2/c1-4-14-5-7-15(8-6-14)18-13-27-20(21-18)22-19(24)16-9-11-17(12-10-16)28(25,26)23(2)3/h5-13H,4H2,1-3H3,(H,21,22,24). The molecule has 8 heteroatoms. The second-order valence-electron chi connectivity index (χ2n) is 6.35. The Balaban J connectivity index is 1.72. The van der Waals surface area contributed by atoms with Crippen LogP contribution >= 0.6 is 11.3 Å². The van der Waals surface area contributed by atoms with E-state index in [1.165, 1.54) is 55.3 Å². The predicted molar refractivity (Wildman–Crippen MR) is 112 cm³/mol. The quantitative estimate of drug-likeness (QED) is 0.663. The molecule has 0 aliphatic rings. The third-order valence-corrected chi connectivity index (χ3v) is 6.86. The number of aryl methyl sites for hydroxylation is 1. The van der Waals surface area contributed by atoms with Gasteiger partial charge in [-0.1, -0.05) is 31.2 Å². The van der Waals surface area contributed by atoms with Crippen molar-refractivity contribution in [3.63, 3.8) is 0 Å². The van der Waals surface area contributed by atoms with Crippen molar-refractivity contribution in [2.75, 3.05) is 19.4 Å². The molecule has 1 aromatic heterocycles. The monoisotopic (exact) mass is 415 g/mol. The van der Waals surface area contributed by atoms with E-state index in [0.717, 1.165) is 22.0 Å². The molecule has 1 N–H and O–H groups in total. The van der Waals surface area contributed by atoms with Crippen LogP contribution in [-0.2, 0) is 16.4 Å². The van der Waals surface area contributed by atoms with Crippen molar-refractivity contribution >= 4 is 32.4 Å². The highest BCUT2D eigenvalue weighted by atomic mass is 32.2. The highest BCUT2D eigenvalue weighted by Gasteiger charge is 2.18. The first-order chi connectivity index (χ1) is 13.3. The fourth-order valence-corrected chi connectivity index (χ4v) is 4.15. The Labute approximate surface area is 168 Å². The van der Waals surface area contributed by atoms with Crippen LogP contribution in [0.2, 0.25) is 0 Å². The van der Waals surface area contributed by atoms with Gasteiger partial charge in [-0.2, -0.15) is 0 Å². The smallest absolute Gasteiger partial charge is 0.257 e. The third-order valence-electron chi connectivity index (χ3n) is 4.28. The Morgan fingerprint density at radius 2 is 1.71 bits per heavy atom. The van der Waals surface area contributed by atoms with Gasteiger partial charge in [-0.15, -0.1) is 11.3 Å². The van der Waals surface area contributed by atoms with Gasteiger partial charge in [0.1, 0.15) is 0 Å². The van der Waals surface area contributed by atoms with Crippen LogP contribution in [0.4, 0.5) is 5.13 Å². The van der Waals surface area contributed by atoms with Crippen molar-refractivity contribution < 1.29 is 13.2 Å². The number of amides is 1. The van der Waals surface area contributed by atoms with Gasteiger partial charge in [0.2, 0.25) is 10.0 Å². The van der Waals surface area contributed by atoms with Gasteiger partial charge >= 0.3 is 0 Å². The Morgan fingerprint density at radius 1 is 1.07 bits per heavy atom. The lowest BCUT2D eigenvalue weighted by atomic mass is 10.1. The molecule has 0 bridgehead atoms. The van der Waals surface area contributed by atoms with E-state index in [0.29, 0.717) is 10.7 Å². The summed E-state index contributed by atoms with van der Waals surface area (Å²) in [4.78, 5) is 17.0. The zero-order valence-corrected chi connectivity index (χ0v) is 17.5. The van der Waals surface area contributed by atoms with Gasteiger partial charge < -0.3 is 0 Å². The zero-order valence-electron chi connectivity index (χ0n) is 15.8. The lowest BCUT2D eigenvalue weighted by molar-refractivity contribution is 0.102. The Kier molecular flexibility index (Phi) is 5.93. The highest BCUT2D eigenvalue weighted by Crippen LogP contribution is 2.25. The summed E-state index contributed by atoms with van der Waals surface area (Å²) < 4.78 is 25.3. The van der Waals surface area contributed by atoms with Crippen molar-refractivity contribution in [1.82, 2.24) is 9.29 Å². The summed E-state index contributed by atoms with van der Waals surface area (Å²) in [6, 6.07) is 14.0. The lowest BCUT2D eigenvalue weighted by Gasteiger charge is -2.11. The molecule has 3 aromatic rings. The number of aromatic nitrogens is 1. The van der Waals surface area contributed by atoms with Gasteiger partial charge in [0, 0.05) is 30.6 Å². The van der Waals surface area contributed by atoms with Gasteiger partial charge in [-0.25, -0.2) is 17.7 Å². The first kappa shape index (κ1) is 20.2. The zero-order chi connectivity index (χ0) is 20.3. The summed E-state index contributed by atoms with van der Waals surface area (Å²) in [6.45, 7) is 2.11. The molecule has 0 spiro atoms. The Bertz CT molecular complexity index is 1070. The normalized spacial score (nSPS) is 11.6. The van der Waals surface area contributed by atoms with Crippen LogP contribution in [0.5, 0.6) is 0 Å². The van der Waals surface area contributed by atoms with Crippen LogP contribution < -0.4 is 5.32 Å². The van der Waals surface area contributed by atoms with Crippen molar-refractivity contribution in [2.24, 2.45) is 0 Å².